The first kappa shape index (κ1) is 42.6. The molecule has 0 bridgehead atoms. The second-order valence-electron chi connectivity index (χ2n) is 12.5. The number of aliphatic hydroxyl groups excluding tert-OH is 1. The van der Waals surface area contributed by atoms with Crippen LogP contribution in [-0.4, -0.2) is 101 Å². The Labute approximate surface area is 301 Å². The van der Waals surface area contributed by atoms with Crippen molar-refractivity contribution in [3.05, 3.63) is 48.0 Å². The van der Waals surface area contributed by atoms with Crippen LogP contribution in [0.25, 0.3) is 10.8 Å². The van der Waals surface area contributed by atoms with E-state index in [1.807, 2.05) is 37.3 Å². The molecular weight excluding hydrogens is 678 g/mol. The molecule has 7 amide bonds. The zero-order chi connectivity index (χ0) is 38.8. The number of carbonyl (C=O) groups is 8. The highest BCUT2D eigenvalue weighted by molar-refractivity contribution is 5.98. The van der Waals surface area contributed by atoms with Crippen LogP contribution in [0.3, 0.4) is 0 Å². The Morgan fingerprint density at radius 2 is 1.37 bits per heavy atom. The Balaban J connectivity index is 2.20. The van der Waals surface area contributed by atoms with Gasteiger partial charge in [-0.3, -0.25) is 38.4 Å². The molecule has 10 N–H and O–H groups in total. The Hall–Kier alpha value is -5.58. The van der Waals surface area contributed by atoms with Crippen molar-refractivity contribution in [1.29, 1.82) is 0 Å². The van der Waals surface area contributed by atoms with Crippen molar-refractivity contribution in [2.45, 2.75) is 83.5 Å². The number of aliphatic hydroxyl groups is 1. The van der Waals surface area contributed by atoms with Crippen LogP contribution in [-0.2, 0) is 44.8 Å². The third-order valence-corrected chi connectivity index (χ3v) is 7.85. The molecular formula is C35H49N7O10. The first-order valence-corrected chi connectivity index (χ1v) is 17.0. The lowest BCUT2D eigenvalue weighted by molar-refractivity contribution is -0.139. The lowest BCUT2D eigenvalue weighted by Crippen LogP contribution is -2.60. The van der Waals surface area contributed by atoms with Crippen molar-refractivity contribution in [2.24, 2.45) is 11.7 Å². The number of primary amides is 1. The molecule has 52 heavy (non-hydrogen) atoms. The Bertz CT molecular complexity index is 1600. The molecule has 0 aliphatic carbocycles. The van der Waals surface area contributed by atoms with Crippen LogP contribution in [0.2, 0.25) is 0 Å². The van der Waals surface area contributed by atoms with Gasteiger partial charge in [-0.1, -0.05) is 69.7 Å². The number of carbonyl (C=O) groups excluding carboxylic acids is 7. The van der Waals surface area contributed by atoms with Crippen molar-refractivity contribution < 1.29 is 48.6 Å². The molecule has 17 nitrogen and oxygen atoms in total. The maximum Gasteiger partial charge on any atom is 0.303 e. The number of aliphatic carboxylic acids is 1. The first-order valence-electron chi connectivity index (χ1n) is 17.0. The van der Waals surface area contributed by atoms with Crippen LogP contribution in [0.1, 0.15) is 58.4 Å². The number of unbranched alkanes of at least 4 members (excludes halogenated alkanes) is 1. The van der Waals surface area contributed by atoms with Gasteiger partial charge in [0.1, 0.15) is 24.2 Å². The van der Waals surface area contributed by atoms with E-state index in [0.29, 0.717) is 12.1 Å². The van der Waals surface area contributed by atoms with Gasteiger partial charge in [-0.2, -0.15) is 0 Å². The molecule has 0 spiro atoms. The molecule has 0 radical (unpaired) electrons. The van der Waals surface area contributed by atoms with E-state index in [-0.39, 0.29) is 13.0 Å². The molecule has 2 aromatic rings. The van der Waals surface area contributed by atoms with Crippen LogP contribution in [0.4, 0.5) is 0 Å². The summed E-state index contributed by atoms with van der Waals surface area (Å²) < 4.78 is 0. The second kappa shape index (κ2) is 21.6. The Morgan fingerprint density at radius 1 is 0.731 bits per heavy atom. The molecule has 284 valence electrons. The molecule has 0 saturated heterocycles. The van der Waals surface area contributed by atoms with E-state index in [4.69, 9.17) is 10.8 Å². The predicted molar refractivity (Wildman–Crippen MR) is 189 cm³/mol. The van der Waals surface area contributed by atoms with Gasteiger partial charge >= 0.3 is 5.97 Å². The number of benzene rings is 2. The van der Waals surface area contributed by atoms with E-state index in [9.17, 15) is 43.5 Å². The summed E-state index contributed by atoms with van der Waals surface area (Å²) in [6.07, 6.45) is -0.115. The van der Waals surface area contributed by atoms with E-state index in [2.05, 4.69) is 31.9 Å². The molecule has 0 unspecified atom stereocenters. The van der Waals surface area contributed by atoms with E-state index < -0.39 is 103 Å². The maximum atomic E-state index is 13.6. The number of nitrogens with one attached hydrogen (secondary N) is 6. The normalized spacial score (nSPS) is 13.2. The molecule has 2 aromatic carbocycles. The number of fused-ring (bicyclic) bond motifs is 1. The highest BCUT2D eigenvalue weighted by Gasteiger charge is 2.33. The number of hydrogen-bond acceptors (Lipinski definition) is 9. The van der Waals surface area contributed by atoms with Gasteiger partial charge in [0.15, 0.2) is 0 Å². The maximum absolute atomic E-state index is 13.6. The number of rotatable bonds is 22. The number of carboxylic acids is 1. The summed E-state index contributed by atoms with van der Waals surface area (Å²) >= 11 is 0. The van der Waals surface area contributed by atoms with Gasteiger partial charge < -0.3 is 47.8 Å². The average molecular weight is 728 g/mol. The summed E-state index contributed by atoms with van der Waals surface area (Å²) in [6, 6.07) is 6.95. The van der Waals surface area contributed by atoms with Crippen molar-refractivity contribution in [1.82, 2.24) is 31.9 Å². The summed E-state index contributed by atoms with van der Waals surface area (Å²) in [5, 5.41) is 35.4. The minimum Gasteiger partial charge on any atom is -0.481 e. The number of carboxylic acid groups (broad SMARTS) is 1. The Kier molecular flexibility index (Phi) is 17.7. The molecule has 0 aromatic heterocycles. The van der Waals surface area contributed by atoms with Crippen molar-refractivity contribution in [2.75, 3.05) is 19.7 Å². The van der Waals surface area contributed by atoms with Gasteiger partial charge in [0.2, 0.25) is 41.4 Å². The SMILES string of the molecule is CCCCNC(=O)CNC(=O)[C@@H](NC(=O)[C@H](CO)NC(=O)[C@H](CC(N)=O)NC(=O)[C@H](Cc1ccc2ccccc2c1)NC(=O)CCC(=O)O)C(C)C. The van der Waals surface area contributed by atoms with Crippen LogP contribution in [0.15, 0.2) is 42.5 Å². The molecule has 2 rings (SSSR count). The molecule has 0 fully saturated rings. The van der Waals surface area contributed by atoms with E-state index in [1.54, 1.807) is 26.0 Å². The summed E-state index contributed by atoms with van der Waals surface area (Å²) in [4.78, 5) is 100. The summed E-state index contributed by atoms with van der Waals surface area (Å²) in [7, 11) is 0. The van der Waals surface area contributed by atoms with Gasteiger partial charge in [0.25, 0.3) is 0 Å². The zero-order valence-electron chi connectivity index (χ0n) is 29.5. The van der Waals surface area contributed by atoms with Crippen LogP contribution in [0, 0.1) is 5.92 Å². The fraction of sp³-hybridized carbons (Fsp3) is 0.486. The lowest BCUT2D eigenvalue weighted by Gasteiger charge is -2.26. The molecule has 0 aliphatic rings. The zero-order valence-corrected chi connectivity index (χ0v) is 29.5. The second-order valence-corrected chi connectivity index (χ2v) is 12.5. The highest BCUT2D eigenvalue weighted by atomic mass is 16.4. The van der Waals surface area contributed by atoms with Gasteiger partial charge in [0, 0.05) is 19.4 Å². The van der Waals surface area contributed by atoms with E-state index in [0.717, 1.165) is 23.6 Å². The highest BCUT2D eigenvalue weighted by Crippen LogP contribution is 2.17. The number of amides is 7. The minimum absolute atomic E-state index is 0.0822. The molecule has 0 aliphatic heterocycles. The van der Waals surface area contributed by atoms with Gasteiger partial charge in [-0.25, -0.2) is 0 Å². The van der Waals surface area contributed by atoms with Crippen molar-refractivity contribution in [3.8, 4) is 0 Å². The van der Waals surface area contributed by atoms with E-state index in [1.165, 1.54) is 0 Å². The predicted octanol–water partition coefficient (Wildman–Crippen LogP) is -1.26. The Morgan fingerprint density at radius 3 is 1.98 bits per heavy atom. The van der Waals surface area contributed by atoms with Crippen molar-refractivity contribution >= 4 is 58.1 Å². The summed E-state index contributed by atoms with van der Waals surface area (Å²) in [5.41, 5.74) is 5.97. The first-order chi connectivity index (χ1) is 24.6. The quantitative estimate of drug-likeness (QED) is 0.0650. The van der Waals surface area contributed by atoms with Gasteiger partial charge in [0.05, 0.1) is 26.0 Å². The van der Waals surface area contributed by atoms with E-state index >= 15 is 0 Å². The van der Waals surface area contributed by atoms with Gasteiger partial charge in [-0.15, -0.1) is 0 Å². The molecule has 0 saturated carbocycles. The largest absolute Gasteiger partial charge is 0.481 e. The van der Waals surface area contributed by atoms with Crippen LogP contribution >= 0.6 is 0 Å². The van der Waals surface area contributed by atoms with Crippen LogP contribution in [0.5, 0.6) is 0 Å². The number of hydrogen-bond donors (Lipinski definition) is 9. The topological polar surface area (TPSA) is 275 Å². The standard InChI is InChI=1S/C35H49N7O10/c1-4-5-14-37-29(46)18-38-35(52)31(20(2)3)42-34(51)26(19-43)41-33(50)25(17-27(36)44)40-32(49)24(39-28(45)12-13-30(47)48)16-21-10-11-22-8-6-7-9-23(22)15-21/h6-11,15,20,24-26,31,43H,4-5,12-14,16-19H2,1-3H3,(H2,36,44)(H,37,46)(H,38,52)(H,39,45)(H,40,49)(H,41,50)(H,42,51)(H,47,48)/t24-,25-,26-,31-/m0/s1. The molecule has 0 heterocycles. The summed E-state index contributed by atoms with van der Waals surface area (Å²) in [6.45, 7) is 4.39. The lowest BCUT2D eigenvalue weighted by atomic mass is 10.0. The van der Waals surface area contributed by atoms with Crippen LogP contribution < -0.4 is 37.6 Å². The number of nitrogens with two attached hydrogens (primary N) is 1. The minimum atomic E-state index is -1.67. The van der Waals surface area contributed by atoms with Crippen molar-refractivity contribution in [3.63, 3.8) is 0 Å². The monoisotopic (exact) mass is 727 g/mol. The molecule has 4 atom stereocenters. The fourth-order valence-electron chi connectivity index (χ4n) is 4.98. The third-order valence-electron chi connectivity index (χ3n) is 7.85. The average Bonchev–Trinajstić information content (AvgIpc) is 3.09. The fourth-order valence-corrected chi connectivity index (χ4v) is 4.98. The third kappa shape index (κ3) is 14.7. The van der Waals surface area contributed by atoms with Gasteiger partial charge in [-0.05, 0) is 28.7 Å². The molecule has 17 heteroatoms. The summed E-state index contributed by atoms with van der Waals surface area (Å²) in [5.74, 6) is -7.53. The smallest absolute Gasteiger partial charge is 0.303 e.